The molecule has 1 saturated heterocycles. The summed E-state index contributed by atoms with van der Waals surface area (Å²) >= 11 is 6.23. The van der Waals surface area contributed by atoms with Gasteiger partial charge in [0.15, 0.2) is 5.82 Å². The van der Waals surface area contributed by atoms with E-state index in [1.165, 1.54) is 0 Å². The summed E-state index contributed by atoms with van der Waals surface area (Å²) in [6, 6.07) is 7.78. The normalized spacial score (nSPS) is 22.6. The molecule has 0 unspecified atom stereocenters. The van der Waals surface area contributed by atoms with E-state index in [1.807, 2.05) is 12.1 Å². The van der Waals surface area contributed by atoms with Crippen molar-refractivity contribution >= 4 is 17.3 Å². The van der Waals surface area contributed by atoms with Crippen LogP contribution in [0.2, 0.25) is 5.02 Å². The highest BCUT2D eigenvalue weighted by Gasteiger charge is 2.37. The fourth-order valence-corrected chi connectivity index (χ4v) is 3.91. The molecule has 0 aliphatic carbocycles. The topological polar surface area (TPSA) is 67.0 Å². The van der Waals surface area contributed by atoms with Gasteiger partial charge in [0.2, 0.25) is 0 Å². The predicted octanol–water partition coefficient (Wildman–Crippen LogP) is 2.72. The van der Waals surface area contributed by atoms with Crippen LogP contribution in [-0.4, -0.2) is 34.5 Å². The van der Waals surface area contributed by atoms with Crippen molar-refractivity contribution in [2.75, 3.05) is 18.6 Å². The van der Waals surface area contributed by atoms with Crippen LogP contribution in [0.15, 0.2) is 18.2 Å². The first-order chi connectivity index (χ1) is 11.7. The summed E-state index contributed by atoms with van der Waals surface area (Å²) in [6.07, 6.45) is 3.13. The number of benzene rings is 1. The Hall–Kier alpha value is -2.10. The average molecular weight is 344 g/mol. The predicted molar refractivity (Wildman–Crippen MR) is 90.0 cm³/mol. The van der Waals surface area contributed by atoms with Gasteiger partial charge in [-0.1, -0.05) is 11.6 Å². The highest BCUT2D eigenvalue weighted by Crippen LogP contribution is 2.38. The lowest BCUT2D eigenvalue weighted by Crippen LogP contribution is -2.26. The van der Waals surface area contributed by atoms with E-state index >= 15 is 0 Å². The van der Waals surface area contributed by atoms with Gasteiger partial charge in [-0.15, -0.1) is 10.2 Å². The number of ether oxygens (including phenoxy) is 1. The van der Waals surface area contributed by atoms with E-state index in [2.05, 4.69) is 25.7 Å². The fourth-order valence-electron chi connectivity index (χ4n) is 3.69. The SMILES string of the molecule is CO[C@@H]1C[C@@H](c2nnc3n2CCC3)N(c2ccc(C#N)c(Cl)c2)C1. The number of hydrogen-bond acceptors (Lipinski definition) is 5. The Bertz CT molecular complexity index is 812. The number of nitrogens with zero attached hydrogens (tertiary/aromatic N) is 5. The Labute approximate surface area is 145 Å². The van der Waals surface area contributed by atoms with Crippen LogP contribution in [0.3, 0.4) is 0 Å². The molecule has 7 heteroatoms. The van der Waals surface area contributed by atoms with Crippen molar-refractivity contribution in [2.24, 2.45) is 0 Å². The fraction of sp³-hybridized carbons (Fsp3) is 0.471. The van der Waals surface area contributed by atoms with E-state index in [9.17, 15) is 0 Å². The van der Waals surface area contributed by atoms with Crippen molar-refractivity contribution in [3.8, 4) is 6.07 Å². The van der Waals surface area contributed by atoms with Gasteiger partial charge in [0.25, 0.3) is 0 Å². The summed E-state index contributed by atoms with van der Waals surface area (Å²) in [7, 11) is 1.74. The molecule has 1 aromatic heterocycles. The summed E-state index contributed by atoms with van der Waals surface area (Å²) in [4.78, 5) is 2.26. The van der Waals surface area contributed by atoms with Crippen LogP contribution in [0, 0.1) is 11.3 Å². The zero-order valence-corrected chi connectivity index (χ0v) is 14.2. The first-order valence-electron chi connectivity index (χ1n) is 8.12. The molecule has 0 N–H and O–H groups in total. The molecular weight excluding hydrogens is 326 g/mol. The maximum absolute atomic E-state index is 9.07. The monoisotopic (exact) mass is 343 g/mol. The van der Waals surface area contributed by atoms with Gasteiger partial charge in [0.1, 0.15) is 11.9 Å². The van der Waals surface area contributed by atoms with Crippen LogP contribution in [-0.2, 0) is 17.7 Å². The summed E-state index contributed by atoms with van der Waals surface area (Å²) in [5.41, 5.74) is 1.47. The molecule has 2 aliphatic rings. The van der Waals surface area contributed by atoms with E-state index in [0.717, 1.165) is 49.7 Å². The third-order valence-electron chi connectivity index (χ3n) is 4.94. The molecule has 3 heterocycles. The number of aromatic nitrogens is 3. The molecule has 124 valence electrons. The van der Waals surface area contributed by atoms with Gasteiger partial charge < -0.3 is 14.2 Å². The standard InChI is InChI=1S/C17H18ClN5O/c1-24-13-8-15(17-21-20-16-3-2-6-22(16)17)23(10-13)12-5-4-11(9-19)14(18)7-12/h4-5,7,13,15H,2-3,6,8,10H2,1H3/t13-,15+/m1/s1. The van der Waals surface area contributed by atoms with Crippen LogP contribution in [0.25, 0.3) is 0 Å². The third kappa shape index (κ3) is 2.45. The summed E-state index contributed by atoms with van der Waals surface area (Å²) in [5, 5.41) is 18.3. The number of methoxy groups -OCH3 is 1. The molecule has 0 radical (unpaired) electrons. The van der Waals surface area contributed by atoms with Crippen molar-refractivity contribution in [1.29, 1.82) is 5.26 Å². The Balaban J connectivity index is 1.72. The van der Waals surface area contributed by atoms with Gasteiger partial charge in [-0.05, 0) is 24.6 Å². The lowest BCUT2D eigenvalue weighted by atomic mass is 10.1. The zero-order valence-electron chi connectivity index (χ0n) is 13.4. The number of fused-ring (bicyclic) bond motifs is 1. The van der Waals surface area contributed by atoms with Crippen molar-refractivity contribution in [1.82, 2.24) is 14.8 Å². The maximum Gasteiger partial charge on any atom is 0.155 e. The van der Waals surface area contributed by atoms with Crippen LogP contribution in [0.5, 0.6) is 0 Å². The average Bonchev–Trinajstić information content (AvgIpc) is 3.29. The maximum atomic E-state index is 9.07. The van der Waals surface area contributed by atoms with Gasteiger partial charge in [0, 0.05) is 38.7 Å². The Morgan fingerprint density at radius 1 is 1.38 bits per heavy atom. The van der Waals surface area contributed by atoms with Crippen LogP contribution in [0.1, 0.15) is 36.1 Å². The minimum absolute atomic E-state index is 0.110. The van der Waals surface area contributed by atoms with Crippen LogP contribution in [0.4, 0.5) is 5.69 Å². The van der Waals surface area contributed by atoms with Crippen molar-refractivity contribution in [3.63, 3.8) is 0 Å². The lowest BCUT2D eigenvalue weighted by molar-refractivity contribution is 0.118. The summed E-state index contributed by atoms with van der Waals surface area (Å²) in [6.45, 7) is 1.75. The Kier molecular flexibility index (Phi) is 3.91. The van der Waals surface area contributed by atoms with Gasteiger partial charge in [-0.25, -0.2) is 0 Å². The smallest absolute Gasteiger partial charge is 0.155 e. The van der Waals surface area contributed by atoms with Crippen molar-refractivity contribution < 1.29 is 4.74 Å². The number of hydrogen-bond donors (Lipinski definition) is 0. The van der Waals surface area contributed by atoms with Gasteiger partial charge in [-0.2, -0.15) is 5.26 Å². The van der Waals surface area contributed by atoms with Gasteiger partial charge >= 0.3 is 0 Å². The summed E-state index contributed by atoms with van der Waals surface area (Å²) in [5.74, 6) is 2.08. The second kappa shape index (κ2) is 6.08. The molecular formula is C17H18ClN5O. The van der Waals surface area contributed by atoms with Crippen molar-refractivity contribution in [3.05, 3.63) is 40.4 Å². The molecule has 2 atom stereocenters. The molecule has 1 fully saturated rings. The van der Waals surface area contributed by atoms with Crippen LogP contribution < -0.4 is 4.90 Å². The van der Waals surface area contributed by atoms with Crippen LogP contribution >= 0.6 is 11.6 Å². The summed E-state index contributed by atoms with van der Waals surface area (Å²) < 4.78 is 7.84. The molecule has 1 aromatic carbocycles. The second-order valence-corrected chi connectivity index (χ2v) is 6.67. The van der Waals surface area contributed by atoms with E-state index < -0.39 is 0 Å². The zero-order chi connectivity index (χ0) is 16.7. The molecule has 4 rings (SSSR count). The number of nitriles is 1. The first kappa shape index (κ1) is 15.4. The highest BCUT2D eigenvalue weighted by molar-refractivity contribution is 6.32. The molecule has 2 aromatic rings. The number of rotatable bonds is 3. The number of aryl methyl sites for hydroxylation is 1. The number of anilines is 1. The molecule has 0 saturated carbocycles. The molecule has 0 amide bonds. The van der Waals surface area contributed by atoms with E-state index in [1.54, 1.807) is 13.2 Å². The van der Waals surface area contributed by atoms with E-state index in [4.69, 9.17) is 21.6 Å². The lowest BCUT2D eigenvalue weighted by Gasteiger charge is -2.26. The first-order valence-corrected chi connectivity index (χ1v) is 8.50. The minimum Gasteiger partial charge on any atom is -0.380 e. The Morgan fingerprint density at radius 2 is 2.25 bits per heavy atom. The molecule has 0 spiro atoms. The Morgan fingerprint density at radius 3 is 3.00 bits per heavy atom. The quantitative estimate of drug-likeness (QED) is 0.857. The highest BCUT2D eigenvalue weighted by atomic mass is 35.5. The largest absolute Gasteiger partial charge is 0.380 e. The second-order valence-electron chi connectivity index (χ2n) is 6.27. The van der Waals surface area contributed by atoms with Gasteiger partial charge in [-0.3, -0.25) is 0 Å². The molecule has 0 bridgehead atoms. The third-order valence-corrected chi connectivity index (χ3v) is 5.25. The number of halogens is 1. The van der Waals surface area contributed by atoms with E-state index in [-0.39, 0.29) is 12.1 Å². The minimum atomic E-state index is 0.110. The molecule has 2 aliphatic heterocycles. The van der Waals surface area contributed by atoms with E-state index in [0.29, 0.717) is 10.6 Å². The molecule has 24 heavy (non-hydrogen) atoms. The van der Waals surface area contributed by atoms with Crippen molar-refractivity contribution in [2.45, 2.75) is 38.0 Å². The molecule has 6 nitrogen and oxygen atoms in total. The van der Waals surface area contributed by atoms with Gasteiger partial charge in [0.05, 0.1) is 22.7 Å².